The minimum absolute atomic E-state index is 0.000170. The van der Waals surface area contributed by atoms with E-state index in [0.717, 1.165) is 13.2 Å². The van der Waals surface area contributed by atoms with Gasteiger partial charge in [0, 0.05) is 25.3 Å². The Morgan fingerprint density at radius 2 is 1.73 bits per heavy atom. The van der Waals surface area contributed by atoms with Crippen molar-refractivity contribution in [2.75, 3.05) is 52.6 Å². The molecule has 2 aromatic rings. The summed E-state index contributed by atoms with van der Waals surface area (Å²) in [5.41, 5.74) is 2.02. The van der Waals surface area contributed by atoms with Crippen molar-refractivity contribution in [1.29, 1.82) is 0 Å². The van der Waals surface area contributed by atoms with Crippen molar-refractivity contribution in [3.8, 4) is 11.5 Å². The number of alkyl halides is 3. The van der Waals surface area contributed by atoms with E-state index in [-0.39, 0.29) is 24.9 Å². The van der Waals surface area contributed by atoms with Crippen LogP contribution in [-0.2, 0) is 4.74 Å². The molecule has 0 fully saturated rings. The maximum atomic E-state index is 12.3. The van der Waals surface area contributed by atoms with E-state index in [1.807, 2.05) is 20.9 Å². The molecule has 0 heterocycles. The second-order valence-electron chi connectivity index (χ2n) is 6.73. The van der Waals surface area contributed by atoms with Gasteiger partial charge in [0.25, 0.3) is 0 Å². The molecule has 0 aromatic heterocycles. The Kier molecular flexibility index (Phi) is 17.8. The van der Waals surface area contributed by atoms with Gasteiger partial charge in [-0.1, -0.05) is 13.8 Å². The van der Waals surface area contributed by atoms with Crippen molar-refractivity contribution < 1.29 is 32.2 Å². The maximum absolute atomic E-state index is 12.3. The number of aliphatic imine (C=N–C) groups is 2. The van der Waals surface area contributed by atoms with Crippen LogP contribution < -0.4 is 25.4 Å². The average Bonchev–Trinajstić information content (AvgIpc) is 2.91. The van der Waals surface area contributed by atoms with E-state index >= 15 is 0 Å². The molecule has 0 bridgehead atoms. The van der Waals surface area contributed by atoms with Crippen LogP contribution in [-0.4, -0.2) is 73.2 Å². The van der Waals surface area contributed by atoms with Crippen molar-refractivity contribution in [2.24, 2.45) is 9.98 Å². The van der Waals surface area contributed by atoms with Crippen molar-refractivity contribution >= 4 is 36.8 Å². The predicted molar refractivity (Wildman–Crippen MR) is 143 cm³/mol. The summed E-state index contributed by atoms with van der Waals surface area (Å²) in [5.74, 6) is 0.218. The maximum Gasteiger partial charge on any atom is 0.422 e. The van der Waals surface area contributed by atoms with Gasteiger partial charge in [0.1, 0.15) is 24.5 Å². The Balaban J connectivity index is 0.00000142. The Labute approximate surface area is 216 Å². The van der Waals surface area contributed by atoms with Gasteiger partial charge >= 0.3 is 6.18 Å². The quantitative estimate of drug-likeness (QED) is 0.138. The van der Waals surface area contributed by atoms with Crippen LogP contribution in [0.25, 0.3) is 0 Å². The minimum Gasteiger partial charge on any atom is -0.484 e. The monoisotopic (exact) mass is 527 g/mol. The number of rotatable bonds is 14. The van der Waals surface area contributed by atoms with Gasteiger partial charge in [-0.05, 0) is 50.8 Å². The second-order valence-corrected chi connectivity index (χ2v) is 6.73. The fourth-order valence-electron chi connectivity index (χ4n) is 2.44. The highest BCUT2D eigenvalue weighted by Gasteiger charge is 2.28. The van der Waals surface area contributed by atoms with Gasteiger partial charge < -0.3 is 24.8 Å². The molecule has 0 unspecified atom stereocenters. The number of carbonyl (C=O) groups excluding carboxylic acids is 1. The SMILES string of the molecule is C=Nc1cc(C=O)ccc1NCNCOc1cc(OCC(F)(F)F)ccc1N=C.CC.CNCCOC. The Morgan fingerprint density at radius 3 is 2.27 bits per heavy atom. The average molecular weight is 528 g/mol. The number of methoxy groups -OCH3 is 1. The number of benzene rings is 2. The zero-order valence-corrected chi connectivity index (χ0v) is 21.7. The van der Waals surface area contributed by atoms with Gasteiger partial charge in [0.2, 0.25) is 0 Å². The van der Waals surface area contributed by atoms with Crippen LogP contribution in [0.5, 0.6) is 11.5 Å². The van der Waals surface area contributed by atoms with Gasteiger partial charge in [-0.25, -0.2) is 0 Å². The van der Waals surface area contributed by atoms with Gasteiger partial charge in [-0.15, -0.1) is 0 Å². The number of hydrogen-bond donors (Lipinski definition) is 3. The lowest BCUT2D eigenvalue weighted by Crippen LogP contribution is -2.26. The number of carbonyl (C=O) groups is 1. The largest absolute Gasteiger partial charge is 0.484 e. The van der Waals surface area contributed by atoms with E-state index in [1.165, 1.54) is 18.2 Å². The molecule has 0 aliphatic heterocycles. The van der Waals surface area contributed by atoms with Crippen LogP contribution in [0.3, 0.4) is 0 Å². The predicted octanol–water partition coefficient (Wildman–Crippen LogP) is 4.98. The van der Waals surface area contributed by atoms with Gasteiger partial charge in [-0.2, -0.15) is 13.2 Å². The number of anilines is 1. The Morgan fingerprint density at radius 1 is 1.03 bits per heavy atom. The summed E-state index contributed by atoms with van der Waals surface area (Å²) >= 11 is 0. The first-order valence-corrected chi connectivity index (χ1v) is 11.3. The molecule has 0 aliphatic rings. The smallest absolute Gasteiger partial charge is 0.422 e. The fraction of sp³-hybridized carbons (Fsp3) is 0.400. The topological polar surface area (TPSA) is 106 Å². The van der Waals surface area contributed by atoms with Crippen LogP contribution in [0, 0.1) is 0 Å². The van der Waals surface area contributed by atoms with Gasteiger partial charge in [0.15, 0.2) is 12.4 Å². The highest BCUT2D eigenvalue weighted by molar-refractivity contribution is 5.81. The number of aldehydes is 1. The van der Waals surface area contributed by atoms with E-state index < -0.39 is 12.8 Å². The first-order valence-electron chi connectivity index (χ1n) is 11.3. The molecule has 0 aliphatic carbocycles. The van der Waals surface area contributed by atoms with Crippen LogP contribution in [0.1, 0.15) is 24.2 Å². The molecular formula is C25H36F3N5O4. The summed E-state index contributed by atoms with van der Waals surface area (Å²) in [5, 5.41) is 8.94. The van der Waals surface area contributed by atoms with Crippen LogP contribution in [0.15, 0.2) is 46.4 Å². The number of hydrogen-bond acceptors (Lipinski definition) is 9. The molecular weight excluding hydrogens is 491 g/mol. The molecule has 206 valence electrons. The molecule has 9 nitrogen and oxygen atoms in total. The molecule has 37 heavy (non-hydrogen) atoms. The zero-order valence-electron chi connectivity index (χ0n) is 21.7. The lowest BCUT2D eigenvalue weighted by atomic mass is 10.2. The highest BCUT2D eigenvalue weighted by atomic mass is 19.4. The number of halogens is 3. The van der Waals surface area contributed by atoms with Gasteiger partial charge in [-0.3, -0.25) is 20.1 Å². The first-order chi connectivity index (χ1) is 17.8. The normalized spacial score (nSPS) is 10.1. The Hall–Kier alpha value is -3.48. The molecule has 0 saturated carbocycles. The van der Waals surface area contributed by atoms with E-state index in [4.69, 9.17) is 14.2 Å². The molecule has 0 amide bonds. The molecule has 12 heteroatoms. The highest BCUT2D eigenvalue weighted by Crippen LogP contribution is 2.32. The summed E-state index contributed by atoms with van der Waals surface area (Å²) in [4.78, 5) is 18.4. The molecule has 0 saturated heterocycles. The van der Waals surface area contributed by atoms with Crippen LogP contribution in [0.4, 0.5) is 30.2 Å². The standard InChI is InChI=1S/C19H19F3N4O3.C4H11NO.C2H6/c1-23-16-6-4-14(28-10-19(20,21)22)8-18(16)29-12-25-11-26-15-5-3-13(9-27)7-17(15)24-2;1-5-3-4-6-2;1-2/h3-9,25-26H,1-2,10-12H2;5H,3-4H2,1-2H3;1-2H3. The third kappa shape index (κ3) is 14.6. The number of nitrogens with one attached hydrogen (secondary N) is 3. The van der Waals surface area contributed by atoms with Crippen molar-refractivity contribution in [3.63, 3.8) is 0 Å². The first kappa shape index (κ1) is 33.5. The summed E-state index contributed by atoms with van der Waals surface area (Å²) < 4.78 is 51.8. The lowest BCUT2D eigenvalue weighted by molar-refractivity contribution is -0.153. The number of likely N-dealkylation sites (N-methyl/N-ethyl adjacent to an activating group) is 1. The summed E-state index contributed by atoms with van der Waals surface area (Å²) in [7, 11) is 3.59. The van der Waals surface area contributed by atoms with E-state index in [0.29, 0.717) is 28.9 Å². The third-order valence-corrected chi connectivity index (χ3v) is 4.12. The molecule has 0 spiro atoms. The third-order valence-electron chi connectivity index (χ3n) is 4.12. The van der Waals surface area contributed by atoms with E-state index in [9.17, 15) is 18.0 Å². The Bertz CT molecular complexity index is 939. The zero-order chi connectivity index (χ0) is 28.1. The van der Waals surface area contributed by atoms with Crippen molar-refractivity contribution in [1.82, 2.24) is 10.6 Å². The van der Waals surface area contributed by atoms with Crippen LogP contribution in [0.2, 0.25) is 0 Å². The summed E-state index contributed by atoms with van der Waals surface area (Å²) in [6.07, 6.45) is -3.73. The summed E-state index contributed by atoms with van der Waals surface area (Å²) in [6, 6.07) is 9.02. The molecule has 0 atom stereocenters. The van der Waals surface area contributed by atoms with Crippen LogP contribution >= 0.6 is 0 Å². The molecule has 2 aromatic carbocycles. The summed E-state index contributed by atoms with van der Waals surface area (Å²) in [6.45, 7) is 11.5. The molecule has 2 rings (SSSR count). The molecule has 3 N–H and O–H groups in total. The minimum atomic E-state index is -4.44. The molecule has 0 radical (unpaired) electrons. The van der Waals surface area contributed by atoms with E-state index in [1.54, 1.807) is 25.3 Å². The second kappa shape index (κ2) is 19.7. The fourth-order valence-corrected chi connectivity index (χ4v) is 2.44. The number of ether oxygens (including phenoxy) is 3. The number of nitrogens with zero attached hydrogens (tertiary/aromatic N) is 2. The van der Waals surface area contributed by atoms with Gasteiger partial charge in [0.05, 0.1) is 24.7 Å². The van der Waals surface area contributed by atoms with E-state index in [2.05, 4.69) is 39.4 Å². The lowest BCUT2D eigenvalue weighted by Gasteiger charge is -2.14. The van der Waals surface area contributed by atoms with Crippen molar-refractivity contribution in [3.05, 3.63) is 42.0 Å². The van der Waals surface area contributed by atoms with Crippen molar-refractivity contribution in [2.45, 2.75) is 20.0 Å².